The number of carbonyl (C=O) groups excluding carboxylic acids is 3. The van der Waals surface area contributed by atoms with Crippen LogP contribution in [-0.2, 0) is 33.8 Å². The number of nitrogens with one attached hydrogen (secondary N) is 1. The minimum atomic E-state index is -4.82. The Morgan fingerprint density at radius 3 is 2.38 bits per heavy atom. The summed E-state index contributed by atoms with van der Waals surface area (Å²) >= 11 is 0. The quantitative estimate of drug-likeness (QED) is 0.119. The van der Waals surface area contributed by atoms with Crippen molar-refractivity contribution < 1.29 is 60.7 Å². The molecule has 2 fully saturated rings. The predicted molar refractivity (Wildman–Crippen MR) is 127 cm³/mol. The maximum atomic E-state index is 12.7. The molecular formula is C22H28N2O14S. The van der Waals surface area contributed by atoms with E-state index in [0.29, 0.717) is 0 Å². The first-order valence-corrected chi connectivity index (χ1v) is 13.1. The number of benzene rings is 1. The summed E-state index contributed by atoms with van der Waals surface area (Å²) in [5.41, 5.74) is -2.98. The van der Waals surface area contributed by atoms with E-state index in [1.165, 1.54) is 0 Å². The lowest BCUT2D eigenvalue weighted by atomic mass is 9.86. The second-order valence-corrected chi connectivity index (χ2v) is 11.4. The maximum absolute atomic E-state index is 12.7. The van der Waals surface area contributed by atoms with E-state index in [9.17, 15) is 37.5 Å². The topological polar surface area (TPSA) is 216 Å². The van der Waals surface area contributed by atoms with Gasteiger partial charge < -0.3 is 33.7 Å². The number of rotatable bonds is 7. The fourth-order valence-corrected chi connectivity index (χ4v) is 4.67. The lowest BCUT2D eigenvalue weighted by Gasteiger charge is -2.42. The fourth-order valence-electron chi connectivity index (χ4n) is 3.95. The summed E-state index contributed by atoms with van der Waals surface area (Å²) in [5.74, 6) is -0.922. The molecule has 2 N–H and O–H groups in total. The molecule has 0 saturated carbocycles. The zero-order valence-corrected chi connectivity index (χ0v) is 22.1. The number of alkyl carbamates (subject to hydrolysis) is 1. The van der Waals surface area contributed by atoms with Crippen molar-refractivity contribution in [3.05, 3.63) is 34.4 Å². The molecule has 2 heterocycles. The van der Waals surface area contributed by atoms with E-state index in [-0.39, 0.29) is 17.9 Å². The molecular weight excluding hydrogens is 548 g/mol. The molecule has 0 spiro atoms. The molecule has 1 amide bonds. The number of hydrogen-bond acceptors (Lipinski definition) is 13. The fraction of sp³-hybridized carbons (Fsp3) is 0.591. The second kappa shape index (κ2) is 11.6. The van der Waals surface area contributed by atoms with Crippen molar-refractivity contribution >= 4 is 34.2 Å². The first-order valence-electron chi connectivity index (χ1n) is 11.6. The van der Waals surface area contributed by atoms with Crippen molar-refractivity contribution in [1.82, 2.24) is 5.32 Å². The highest BCUT2D eigenvalue weighted by molar-refractivity contribution is 7.86. The molecule has 1 aromatic rings. The summed E-state index contributed by atoms with van der Waals surface area (Å²) < 4.78 is 64.9. The van der Waals surface area contributed by atoms with Crippen molar-refractivity contribution in [2.75, 3.05) is 6.61 Å². The van der Waals surface area contributed by atoms with Gasteiger partial charge in [0.05, 0.1) is 4.92 Å². The van der Waals surface area contributed by atoms with E-state index in [4.69, 9.17) is 28.4 Å². The molecule has 1 aromatic carbocycles. The van der Waals surface area contributed by atoms with Crippen LogP contribution in [0, 0.1) is 16.0 Å². The Labute approximate surface area is 222 Å². The molecule has 39 heavy (non-hydrogen) atoms. The summed E-state index contributed by atoms with van der Waals surface area (Å²) in [4.78, 5) is 46.9. The Morgan fingerprint density at radius 2 is 1.87 bits per heavy atom. The Bertz CT molecular complexity index is 1200. The first kappa shape index (κ1) is 29.9. The number of nitrogens with zero attached hydrogens (tertiary/aromatic N) is 1. The summed E-state index contributed by atoms with van der Waals surface area (Å²) in [6.45, 7) is 6.01. The minimum Gasteiger partial charge on any atom is -0.444 e. The predicted octanol–water partition coefficient (Wildman–Crippen LogP) is 2.55. The van der Waals surface area contributed by atoms with Crippen LogP contribution in [0.1, 0.15) is 34.1 Å². The zero-order valence-electron chi connectivity index (χ0n) is 21.3. The van der Waals surface area contributed by atoms with Crippen molar-refractivity contribution in [1.29, 1.82) is 0 Å². The van der Waals surface area contributed by atoms with Gasteiger partial charge in [0.15, 0.2) is 17.6 Å². The van der Waals surface area contributed by atoms with E-state index in [1.807, 2.05) is 0 Å². The van der Waals surface area contributed by atoms with Gasteiger partial charge in [0.25, 0.3) is 15.8 Å². The van der Waals surface area contributed by atoms with E-state index in [0.717, 1.165) is 24.3 Å². The van der Waals surface area contributed by atoms with Crippen molar-refractivity contribution in [2.45, 2.75) is 69.5 Å². The average Bonchev–Trinajstić information content (AvgIpc) is 3.23. The minimum absolute atomic E-state index is 0.123. The van der Waals surface area contributed by atoms with Crippen LogP contribution in [0.2, 0.25) is 0 Å². The standard InChI is InChI=1S/C22H28N2O14S/c1-11-14(23-19(25)38-22(2,3)4)9-16(39(30,31)32)36-17(11)18(15-10-33-20(26)35-15)37-21(27)34-13-7-5-12(6-8-13)24(28)29/h5-8,11,14-18H,9-10H2,1-4H3,(H,23,25)(H,30,31,32)/t11-,14+,15-,16+,17-,18-/m1/s1. The maximum Gasteiger partial charge on any atom is 0.514 e. The molecule has 0 unspecified atom stereocenters. The van der Waals surface area contributed by atoms with Crippen LogP contribution in [-0.4, -0.2) is 78.3 Å². The van der Waals surface area contributed by atoms with Crippen LogP contribution >= 0.6 is 0 Å². The summed E-state index contributed by atoms with van der Waals surface area (Å²) in [6.07, 6.45) is -7.89. The molecule has 6 atom stereocenters. The molecule has 0 bridgehead atoms. The van der Waals surface area contributed by atoms with Crippen LogP contribution in [0.3, 0.4) is 0 Å². The highest BCUT2D eigenvalue weighted by Crippen LogP contribution is 2.34. The normalized spacial score (nSPS) is 26.0. The van der Waals surface area contributed by atoms with Gasteiger partial charge in [-0.3, -0.25) is 14.7 Å². The highest BCUT2D eigenvalue weighted by atomic mass is 32.2. The lowest BCUT2D eigenvalue weighted by molar-refractivity contribution is -0.384. The summed E-state index contributed by atoms with van der Waals surface area (Å²) in [5, 5.41) is 13.4. The molecule has 17 heteroatoms. The van der Waals surface area contributed by atoms with E-state index < -0.39 is 81.4 Å². The smallest absolute Gasteiger partial charge is 0.444 e. The summed E-state index contributed by atoms with van der Waals surface area (Å²) in [6, 6.07) is 3.48. The number of amides is 1. The third-order valence-corrected chi connectivity index (χ3v) is 6.69. The molecule has 216 valence electrons. The van der Waals surface area contributed by atoms with Crippen LogP contribution in [0.15, 0.2) is 24.3 Å². The van der Waals surface area contributed by atoms with Gasteiger partial charge in [0, 0.05) is 30.5 Å². The Morgan fingerprint density at radius 1 is 1.23 bits per heavy atom. The number of nitro benzene ring substituents is 1. The number of nitro groups is 1. The molecule has 3 rings (SSSR count). The summed E-state index contributed by atoms with van der Waals surface area (Å²) in [7, 11) is -4.82. The van der Waals surface area contributed by atoms with Crippen molar-refractivity contribution in [2.24, 2.45) is 5.92 Å². The van der Waals surface area contributed by atoms with Crippen LogP contribution < -0.4 is 10.1 Å². The van der Waals surface area contributed by atoms with Gasteiger partial charge in [-0.1, -0.05) is 6.92 Å². The zero-order chi connectivity index (χ0) is 29.1. The van der Waals surface area contributed by atoms with Crippen molar-refractivity contribution in [3.8, 4) is 5.75 Å². The van der Waals surface area contributed by atoms with Crippen molar-refractivity contribution in [3.63, 3.8) is 0 Å². The Kier molecular flexibility index (Phi) is 8.87. The van der Waals surface area contributed by atoms with Crippen LogP contribution in [0.25, 0.3) is 0 Å². The van der Waals surface area contributed by atoms with Gasteiger partial charge >= 0.3 is 18.4 Å². The average molecular weight is 577 g/mol. The second-order valence-electron chi connectivity index (χ2n) is 9.80. The largest absolute Gasteiger partial charge is 0.514 e. The van der Waals surface area contributed by atoms with Gasteiger partial charge in [0.2, 0.25) is 0 Å². The highest BCUT2D eigenvalue weighted by Gasteiger charge is 2.51. The third kappa shape index (κ3) is 8.14. The van der Waals surface area contributed by atoms with E-state index >= 15 is 0 Å². The van der Waals surface area contributed by atoms with Gasteiger partial charge in [-0.15, -0.1) is 0 Å². The van der Waals surface area contributed by atoms with Crippen LogP contribution in [0.4, 0.5) is 20.1 Å². The number of non-ortho nitro benzene ring substituents is 1. The molecule has 0 aromatic heterocycles. The van der Waals surface area contributed by atoms with Gasteiger partial charge in [0.1, 0.15) is 24.1 Å². The molecule has 2 aliphatic heterocycles. The molecule has 0 aliphatic carbocycles. The number of hydrogen-bond donors (Lipinski definition) is 2. The molecule has 16 nitrogen and oxygen atoms in total. The van der Waals surface area contributed by atoms with Gasteiger partial charge in [-0.25, -0.2) is 14.4 Å². The van der Waals surface area contributed by atoms with Gasteiger partial charge in [-0.2, -0.15) is 8.42 Å². The van der Waals surface area contributed by atoms with E-state index in [2.05, 4.69) is 5.32 Å². The number of cyclic esters (lactones) is 2. The molecule has 0 radical (unpaired) electrons. The SMILES string of the molecule is C[C@H]1[C@H]([C@H](OC(=O)Oc2ccc([N+](=O)[O-])cc2)[C@H]2COC(=O)O2)O[C@@H](S(=O)(=O)O)C[C@@H]1NC(=O)OC(C)(C)C. The number of ether oxygens (including phenoxy) is 6. The number of carbonyl (C=O) groups is 3. The Balaban J connectivity index is 1.86. The van der Waals surface area contributed by atoms with Crippen LogP contribution in [0.5, 0.6) is 5.75 Å². The lowest BCUT2D eigenvalue weighted by Crippen LogP contribution is -2.59. The van der Waals surface area contributed by atoms with E-state index in [1.54, 1.807) is 27.7 Å². The Hall–Kier alpha value is -3.70. The third-order valence-electron chi connectivity index (χ3n) is 5.73. The first-order chi connectivity index (χ1) is 18.0. The van der Waals surface area contributed by atoms with Gasteiger partial charge in [-0.05, 0) is 32.9 Å². The monoisotopic (exact) mass is 576 g/mol. The molecule has 2 saturated heterocycles. The molecule has 2 aliphatic rings.